The third-order valence-electron chi connectivity index (χ3n) is 3.44. The van der Waals surface area contributed by atoms with Gasteiger partial charge in [-0.3, -0.25) is 4.98 Å². The summed E-state index contributed by atoms with van der Waals surface area (Å²) in [5, 5.41) is 3.83. The molecule has 0 bridgehead atoms. The van der Waals surface area contributed by atoms with Crippen LogP contribution in [0.2, 0.25) is 0 Å². The number of nitrogens with one attached hydrogen (secondary N) is 1. The van der Waals surface area contributed by atoms with Gasteiger partial charge in [0.05, 0.1) is 13.1 Å². The molecule has 0 unspecified atom stereocenters. The van der Waals surface area contributed by atoms with E-state index in [1.165, 1.54) is 0 Å². The fourth-order valence-electron chi connectivity index (χ4n) is 2.36. The summed E-state index contributed by atoms with van der Waals surface area (Å²) in [7, 11) is 0. The summed E-state index contributed by atoms with van der Waals surface area (Å²) in [5.74, 6) is 0.792. The summed E-state index contributed by atoms with van der Waals surface area (Å²) in [6.45, 7) is 3.79. The molecule has 0 aromatic carbocycles. The highest BCUT2D eigenvalue weighted by atomic mass is 32.1. The van der Waals surface area contributed by atoms with Crippen LogP contribution in [0, 0.1) is 6.92 Å². The van der Waals surface area contributed by atoms with E-state index in [1.54, 1.807) is 28.6 Å². The highest BCUT2D eigenvalue weighted by Crippen LogP contribution is 2.17. The number of amides is 2. The maximum absolute atomic E-state index is 12.1. The molecule has 7 heteroatoms. The number of carbonyl (C=O) groups excluding carboxylic acids is 1. The van der Waals surface area contributed by atoms with Crippen molar-refractivity contribution in [2.24, 2.45) is 0 Å². The van der Waals surface area contributed by atoms with Gasteiger partial charge in [0.25, 0.3) is 0 Å². The summed E-state index contributed by atoms with van der Waals surface area (Å²) in [4.78, 5) is 23.3. The number of urea groups is 1. The topological polar surface area (TPSA) is 67.4 Å². The predicted octanol–water partition coefficient (Wildman–Crippen LogP) is 2.21. The molecule has 0 saturated carbocycles. The van der Waals surface area contributed by atoms with Crippen LogP contribution in [0.15, 0.2) is 30.7 Å². The van der Waals surface area contributed by atoms with Crippen LogP contribution in [-0.4, -0.2) is 40.1 Å². The van der Waals surface area contributed by atoms with Crippen molar-refractivity contribution in [2.45, 2.75) is 26.0 Å². The van der Waals surface area contributed by atoms with E-state index in [4.69, 9.17) is 4.74 Å². The van der Waals surface area contributed by atoms with Crippen LogP contribution in [0.25, 0.3) is 0 Å². The van der Waals surface area contributed by atoms with Gasteiger partial charge >= 0.3 is 6.03 Å². The minimum absolute atomic E-state index is 0.0373. The largest absolute Gasteiger partial charge is 0.488 e. The predicted molar refractivity (Wildman–Crippen MR) is 83.9 cm³/mol. The Bertz CT molecular complexity index is 631. The summed E-state index contributed by atoms with van der Waals surface area (Å²) < 4.78 is 5.85. The fraction of sp³-hybridized carbons (Fsp3) is 0.400. The molecular weight excluding hydrogens is 300 g/mol. The van der Waals surface area contributed by atoms with E-state index in [0.717, 1.165) is 22.1 Å². The molecule has 6 nitrogen and oxygen atoms in total. The molecule has 1 saturated heterocycles. The first-order valence-corrected chi connectivity index (χ1v) is 8.03. The zero-order valence-electron chi connectivity index (χ0n) is 12.4. The van der Waals surface area contributed by atoms with E-state index >= 15 is 0 Å². The normalized spacial score (nSPS) is 17.5. The Morgan fingerprint density at radius 1 is 1.50 bits per heavy atom. The lowest BCUT2D eigenvalue weighted by Gasteiger charge is -2.17. The molecule has 1 aliphatic rings. The first-order chi connectivity index (χ1) is 10.7. The number of hydrogen-bond donors (Lipinski definition) is 1. The van der Waals surface area contributed by atoms with Gasteiger partial charge < -0.3 is 15.0 Å². The Morgan fingerprint density at radius 2 is 2.32 bits per heavy atom. The third kappa shape index (κ3) is 3.73. The van der Waals surface area contributed by atoms with E-state index in [1.807, 2.05) is 25.3 Å². The molecule has 2 aromatic heterocycles. The summed E-state index contributed by atoms with van der Waals surface area (Å²) in [6.07, 6.45) is 6.10. The molecular formula is C15H18N4O2S. The first kappa shape index (κ1) is 14.8. The lowest BCUT2D eigenvalue weighted by molar-refractivity contribution is 0.186. The molecule has 116 valence electrons. The number of carbonyl (C=O) groups is 1. The number of hydrogen-bond acceptors (Lipinski definition) is 5. The molecule has 0 radical (unpaired) electrons. The first-order valence-electron chi connectivity index (χ1n) is 7.21. The van der Waals surface area contributed by atoms with Crippen LogP contribution in [0.1, 0.15) is 16.3 Å². The van der Waals surface area contributed by atoms with Crippen LogP contribution < -0.4 is 10.1 Å². The molecule has 2 aromatic rings. The maximum atomic E-state index is 12.1. The average molecular weight is 318 g/mol. The lowest BCUT2D eigenvalue weighted by atomic mass is 10.3. The van der Waals surface area contributed by atoms with Crippen molar-refractivity contribution < 1.29 is 9.53 Å². The molecule has 1 aliphatic heterocycles. The molecule has 0 aliphatic carbocycles. The molecule has 1 N–H and O–H groups in total. The number of aromatic nitrogens is 2. The summed E-state index contributed by atoms with van der Waals surface area (Å²) in [5.41, 5.74) is 0. The van der Waals surface area contributed by atoms with Gasteiger partial charge in [-0.15, -0.1) is 11.3 Å². The van der Waals surface area contributed by atoms with E-state index < -0.39 is 0 Å². The minimum Gasteiger partial charge on any atom is -0.488 e. The van der Waals surface area contributed by atoms with Crippen molar-refractivity contribution in [3.05, 3.63) is 40.6 Å². The van der Waals surface area contributed by atoms with Crippen molar-refractivity contribution in [3.8, 4) is 5.75 Å². The second kappa shape index (κ2) is 6.74. The number of pyridine rings is 1. The summed E-state index contributed by atoms with van der Waals surface area (Å²) in [6, 6.07) is 3.59. The number of ether oxygens (including phenoxy) is 1. The average Bonchev–Trinajstić information content (AvgIpc) is 3.15. The maximum Gasteiger partial charge on any atom is 0.317 e. The van der Waals surface area contributed by atoms with Crippen molar-refractivity contribution in [1.29, 1.82) is 0 Å². The van der Waals surface area contributed by atoms with Crippen LogP contribution in [0.4, 0.5) is 4.79 Å². The van der Waals surface area contributed by atoms with Gasteiger partial charge in [-0.05, 0) is 19.1 Å². The standard InChI is InChI=1S/C15H18N4O2S/c1-11-8-17-14(22-11)9-18-15(20)19-7-4-13(10-19)21-12-2-5-16-6-3-12/h2-3,5-6,8,13H,4,7,9-10H2,1H3,(H,18,20)/t13-/m1/s1. The second-order valence-corrected chi connectivity index (χ2v) is 6.50. The van der Waals surface area contributed by atoms with Gasteiger partial charge in [0.15, 0.2) is 0 Å². The van der Waals surface area contributed by atoms with Gasteiger partial charge in [0.1, 0.15) is 16.9 Å². The second-order valence-electron chi connectivity index (χ2n) is 5.18. The number of aryl methyl sites for hydroxylation is 1. The quantitative estimate of drug-likeness (QED) is 0.938. The van der Waals surface area contributed by atoms with Crippen LogP contribution >= 0.6 is 11.3 Å². The van der Waals surface area contributed by atoms with E-state index in [0.29, 0.717) is 19.6 Å². The monoisotopic (exact) mass is 318 g/mol. The Morgan fingerprint density at radius 3 is 3.05 bits per heavy atom. The van der Waals surface area contributed by atoms with Crippen molar-refractivity contribution in [3.63, 3.8) is 0 Å². The molecule has 3 heterocycles. The molecule has 3 rings (SSSR count). The van der Waals surface area contributed by atoms with Gasteiger partial charge in [0, 0.05) is 36.4 Å². The molecule has 1 fully saturated rings. The highest BCUT2D eigenvalue weighted by molar-refractivity contribution is 7.11. The zero-order valence-corrected chi connectivity index (χ0v) is 13.2. The fourth-order valence-corrected chi connectivity index (χ4v) is 3.09. The molecule has 22 heavy (non-hydrogen) atoms. The Balaban J connectivity index is 1.46. The van der Waals surface area contributed by atoms with E-state index in [9.17, 15) is 4.79 Å². The molecule has 0 spiro atoms. The summed E-state index contributed by atoms with van der Waals surface area (Å²) >= 11 is 1.60. The number of thiazole rings is 1. The van der Waals surface area contributed by atoms with E-state index in [2.05, 4.69) is 15.3 Å². The molecule has 1 atom stereocenters. The van der Waals surface area contributed by atoms with Crippen LogP contribution in [-0.2, 0) is 6.54 Å². The Kier molecular flexibility index (Phi) is 4.53. The number of rotatable bonds is 4. The zero-order chi connectivity index (χ0) is 15.4. The smallest absolute Gasteiger partial charge is 0.317 e. The highest BCUT2D eigenvalue weighted by Gasteiger charge is 2.27. The van der Waals surface area contributed by atoms with Crippen LogP contribution in [0.5, 0.6) is 5.75 Å². The Labute approximate surface area is 133 Å². The van der Waals surface area contributed by atoms with Gasteiger partial charge in [-0.25, -0.2) is 9.78 Å². The van der Waals surface area contributed by atoms with E-state index in [-0.39, 0.29) is 12.1 Å². The molecule has 2 amide bonds. The van der Waals surface area contributed by atoms with Crippen LogP contribution in [0.3, 0.4) is 0 Å². The van der Waals surface area contributed by atoms with Gasteiger partial charge in [-0.2, -0.15) is 0 Å². The SMILES string of the molecule is Cc1cnc(CNC(=O)N2CC[C@@H](Oc3ccncc3)C2)s1. The Hall–Kier alpha value is -2.15. The van der Waals surface area contributed by atoms with Crippen molar-refractivity contribution in [2.75, 3.05) is 13.1 Å². The van der Waals surface area contributed by atoms with Gasteiger partial charge in [0.2, 0.25) is 0 Å². The number of likely N-dealkylation sites (tertiary alicyclic amines) is 1. The van der Waals surface area contributed by atoms with Crippen molar-refractivity contribution in [1.82, 2.24) is 20.2 Å². The lowest BCUT2D eigenvalue weighted by Crippen LogP contribution is -2.39. The third-order valence-corrected chi connectivity index (χ3v) is 4.36. The minimum atomic E-state index is -0.0614. The van der Waals surface area contributed by atoms with Crippen molar-refractivity contribution >= 4 is 17.4 Å². The van der Waals surface area contributed by atoms with Gasteiger partial charge in [-0.1, -0.05) is 0 Å². The number of nitrogens with zero attached hydrogens (tertiary/aromatic N) is 3.